The van der Waals surface area contributed by atoms with Crippen LogP contribution in [0.2, 0.25) is 0 Å². The van der Waals surface area contributed by atoms with Gasteiger partial charge in [-0.1, -0.05) is 30.3 Å². The van der Waals surface area contributed by atoms with E-state index in [-0.39, 0.29) is 22.9 Å². The lowest BCUT2D eigenvalue weighted by atomic mass is 10.0. The number of hydrogen-bond donors (Lipinski definition) is 3. The molecule has 0 amide bonds. The molecule has 0 spiro atoms. The molecule has 5 aromatic rings. The highest BCUT2D eigenvalue weighted by Crippen LogP contribution is 2.39. The van der Waals surface area contributed by atoms with Gasteiger partial charge < -0.3 is 19.5 Å². The van der Waals surface area contributed by atoms with Crippen molar-refractivity contribution in [1.82, 2.24) is 14.3 Å². The standard InChI is InChI=1S/C29H25N5O5/c1-17-10-11-21(14-18(17)2)34-28(36)26(25(32-34)20-12-13-33(3)16-20)31-30-24-9-5-8-23(27(24)35)19-6-4-7-22(15-19)39-29(37)38/h4-16,32,35H,1-3H3,(H,37,38). The number of aryl methyl sites for hydroxylation is 3. The predicted molar refractivity (Wildman–Crippen MR) is 147 cm³/mol. The van der Waals surface area contributed by atoms with E-state index < -0.39 is 11.7 Å². The molecule has 10 heteroatoms. The number of carbonyl (C=O) groups is 1. The Kier molecular flexibility index (Phi) is 6.59. The van der Waals surface area contributed by atoms with Gasteiger partial charge in [0.2, 0.25) is 0 Å². The molecule has 0 fully saturated rings. The summed E-state index contributed by atoms with van der Waals surface area (Å²) in [4.78, 5) is 24.4. The maximum Gasteiger partial charge on any atom is 0.511 e. The molecule has 10 nitrogen and oxygen atoms in total. The molecule has 2 aromatic heterocycles. The van der Waals surface area contributed by atoms with Crippen LogP contribution >= 0.6 is 0 Å². The minimum Gasteiger partial charge on any atom is -0.505 e. The normalized spacial score (nSPS) is 11.3. The zero-order chi connectivity index (χ0) is 27.7. The molecule has 0 atom stereocenters. The van der Waals surface area contributed by atoms with Gasteiger partial charge in [0.25, 0.3) is 5.56 Å². The second-order valence-corrected chi connectivity index (χ2v) is 9.08. The summed E-state index contributed by atoms with van der Waals surface area (Å²) in [6.45, 7) is 3.98. The fourth-order valence-electron chi connectivity index (χ4n) is 4.20. The minimum atomic E-state index is -1.44. The second-order valence-electron chi connectivity index (χ2n) is 9.08. The average molecular weight is 524 g/mol. The summed E-state index contributed by atoms with van der Waals surface area (Å²) in [5, 5.41) is 31.6. The van der Waals surface area contributed by atoms with Crippen LogP contribution in [0.5, 0.6) is 11.5 Å². The first-order valence-corrected chi connectivity index (χ1v) is 12.0. The molecule has 39 heavy (non-hydrogen) atoms. The number of hydrogen-bond acceptors (Lipinski definition) is 6. The Hall–Kier alpha value is -5.38. The molecule has 0 saturated heterocycles. The first-order valence-electron chi connectivity index (χ1n) is 12.0. The van der Waals surface area contributed by atoms with Crippen molar-refractivity contribution in [2.45, 2.75) is 13.8 Å². The van der Waals surface area contributed by atoms with Gasteiger partial charge in [-0.15, -0.1) is 10.2 Å². The summed E-state index contributed by atoms with van der Waals surface area (Å²) in [6, 6.07) is 18.8. The number of para-hydroxylation sites is 1. The first kappa shape index (κ1) is 25.3. The van der Waals surface area contributed by atoms with Crippen molar-refractivity contribution >= 4 is 17.5 Å². The van der Waals surface area contributed by atoms with Crippen molar-refractivity contribution in [2.75, 3.05) is 0 Å². The molecule has 2 heterocycles. The zero-order valence-electron chi connectivity index (χ0n) is 21.4. The van der Waals surface area contributed by atoms with E-state index in [2.05, 4.69) is 15.3 Å². The quantitative estimate of drug-likeness (QED) is 0.130. The van der Waals surface area contributed by atoms with Crippen LogP contribution in [-0.2, 0) is 7.05 Å². The lowest BCUT2D eigenvalue weighted by molar-refractivity contribution is 0.144. The molecular formula is C29H25N5O5. The van der Waals surface area contributed by atoms with Crippen LogP contribution in [0.1, 0.15) is 11.1 Å². The monoisotopic (exact) mass is 523 g/mol. The van der Waals surface area contributed by atoms with E-state index in [4.69, 9.17) is 9.84 Å². The summed E-state index contributed by atoms with van der Waals surface area (Å²) in [6.07, 6.45) is 2.28. The number of carboxylic acid groups (broad SMARTS) is 1. The molecule has 3 aromatic carbocycles. The topological polar surface area (TPSA) is 134 Å². The number of nitrogens with zero attached hydrogens (tertiary/aromatic N) is 4. The van der Waals surface area contributed by atoms with E-state index in [9.17, 15) is 14.7 Å². The highest BCUT2D eigenvalue weighted by molar-refractivity contribution is 5.78. The van der Waals surface area contributed by atoms with Gasteiger partial charge in [0.1, 0.15) is 11.4 Å². The number of aromatic nitrogens is 3. The molecule has 0 radical (unpaired) electrons. The number of azo groups is 1. The Morgan fingerprint density at radius 3 is 2.46 bits per heavy atom. The summed E-state index contributed by atoms with van der Waals surface area (Å²) in [5.74, 6) is -0.0712. The van der Waals surface area contributed by atoms with E-state index >= 15 is 0 Å². The average Bonchev–Trinajstić information content (AvgIpc) is 3.47. The molecular weight excluding hydrogens is 498 g/mol. The van der Waals surface area contributed by atoms with Crippen molar-refractivity contribution < 1.29 is 19.7 Å². The molecule has 3 N–H and O–H groups in total. The highest BCUT2D eigenvalue weighted by atomic mass is 16.7. The molecule has 0 bridgehead atoms. The van der Waals surface area contributed by atoms with Gasteiger partial charge in [-0.05, 0) is 66.9 Å². The third kappa shape index (κ3) is 5.08. The van der Waals surface area contributed by atoms with Gasteiger partial charge >= 0.3 is 6.16 Å². The van der Waals surface area contributed by atoms with Crippen LogP contribution in [-0.4, -0.2) is 30.7 Å². The summed E-state index contributed by atoms with van der Waals surface area (Å²) >= 11 is 0. The van der Waals surface area contributed by atoms with Crippen LogP contribution < -0.4 is 10.3 Å². The van der Waals surface area contributed by atoms with Crippen molar-refractivity contribution in [1.29, 1.82) is 0 Å². The van der Waals surface area contributed by atoms with Crippen molar-refractivity contribution in [2.24, 2.45) is 17.3 Å². The first-order chi connectivity index (χ1) is 18.7. The molecule has 0 aliphatic carbocycles. The van der Waals surface area contributed by atoms with Gasteiger partial charge in [-0.3, -0.25) is 9.89 Å². The lowest BCUT2D eigenvalue weighted by Crippen LogP contribution is -2.14. The number of ether oxygens (including phenoxy) is 1. The number of aromatic amines is 1. The Balaban J connectivity index is 1.58. The molecule has 196 valence electrons. The Labute approximate surface area is 223 Å². The van der Waals surface area contributed by atoms with Crippen LogP contribution in [0.15, 0.2) is 94.1 Å². The minimum absolute atomic E-state index is 0.0843. The van der Waals surface area contributed by atoms with Gasteiger partial charge in [0.05, 0.1) is 11.4 Å². The Bertz CT molecular complexity index is 1790. The molecule has 0 saturated carbocycles. The third-order valence-corrected chi connectivity index (χ3v) is 6.36. The lowest BCUT2D eigenvalue weighted by Gasteiger charge is -2.08. The number of aromatic hydroxyl groups is 1. The zero-order valence-corrected chi connectivity index (χ0v) is 21.4. The fourth-order valence-corrected chi connectivity index (χ4v) is 4.20. The van der Waals surface area contributed by atoms with Gasteiger partial charge in [0.15, 0.2) is 11.4 Å². The number of phenolic OH excluding ortho intramolecular Hbond substituents is 1. The molecule has 5 rings (SSSR count). The van der Waals surface area contributed by atoms with E-state index in [1.807, 2.05) is 62.1 Å². The van der Waals surface area contributed by atoms with Crippen LogP contribution in [0.3, 0.4) is 0 Å². The number of benzene rings is 3. The fraction of sp³-hybridized carbons (Fsp3) is 0.103. The van der Waals surface area contributed by atoms with E-state index in [1.54, 1.807) is 30.3 Å². The van der Waals surface area contributed by atoms with E-state index in [1.165, 1.54) is 16.8 Å². The van der Waals surface area contributed by atoms with Crippen LogP contribution in [0.25, 0.3) is 28.1 Å². The van der Waals surface area contributed by atoms with Gasteiger partial charge in [0, 0.05) is 30.6 Å². The second kappa shape index (κ2) is 10.2. The summed E-state index contributed by atoms with van der Waals surface area (Å²) in [7, 11) is 1.88. The number of rotatable bonds is 6. The van der Waals surface area contributed by atoms with Crippen LogP contribution in [0.4, 0.5) is 16.2 Å². The maximum absolute atomic E-state index is 13.5. The predicted octanol–water partition coefficient (Wildman–Crippen LogP) is 6.63. The van der Waals surface area contributed by atoms with Gasteiger partial charge in [-0.2, -0.15) is 0 Å². The van der Waals surface area contributed by atoms with Crippen molar-refractivity contribution in [3.63, 3.8) is 0 Å². The number of H-pyrrole nitrogens is 1. The molecule has 0 aliphatic rings. The van der Waals surface area contributed by atoms with Crippen molar-refractivity contribution in [3.8, 4) is 39.6 Å². The smallest absolute Gasteiger partial charge is 0.505 e. The molecule has 0 unspecified atom stereocenters. The maximum atomic E-state index is 13.5. The van der Waals surface area contributed by atoms with Crippen LogP contribution in [0, 0.1) is 13.8 Å². The highest BCUT2D eigenvalue weighted by Gasteiger charge is 2.19. The largest absolute Gasteiger partial charge is 0.511 e. The van der Waals surface area contributed by atoms with Crippen molar-refractivity contribution in [3.05, 3.63) is 101 Å². The van der Waals surface area contributed by atoms with Gasteiger partial charge in [-0.25, -0.2) is 9.48 Å². The number of nitrogens with one attached hydrogen (secondary N) is 1. The third-order valence-electron chi connectivity index (χ3n) is 6.36. The molecule has 0 aliphatic heterocycles. The number of phenols is 1. The SMILES string of the molecule is Cc1ccc(-n2[nH]c(-c3ccn(C)c3)c(N=Nc3cccc(-c4cccc(OC(=O)O)c4)c3O)c2=O)cc1C. The summed E-state index contributed by atoms with van der Waals surface area (Å²) < 4.78 is 8.01. The summed E-state index contributed by atoms with van der Waals surface area (Å²) in [5.41, 5.74) is 4.78. The Morgan fingerprint density at radius 2 is 1.74 bits per heavy atom. The van der Waals surface area contributed by atoms with E-state index in [0.717, 1.165) is 16.7 Å². The Morgan fingerprint density at radius 1 is 0.949 bits per heavy atom. The van der Waals surface area contributed by atoms with E-state index in [0.29, 0.717) is 22.5 Å².